The van der Waals surface area contributed by atoms with Crippen LogP contribution in [0.2, 0.25) is 0 Å². The molecule has 0 fully saturated rings. The Morgan fingerprint density at radius 3 is 3.17 bits per heavy atom. The van der Waals surface area contributed by atoms with Gasteiger partial charge < -0.3 is 9.73 Å². The molecule has 0 atom stereocenters. The number of carbonyl (C=O) groups is 1. The molecule has 0 saturated heterocycles. The minimum atomic E-state index is 0.377. The molecule has 0 saturated carbocycles. The van der Waals surface area contributed by atoms with Gasteiger partial charge in [-0.15, -0.1) is 0 Å². The third-order valence-corrected chi connectivity index (χ3v) is 1.45. The predicted molar refractivity (Wildman–Crippen MR) is 47.1 cm³/mol. The van der Waals surface area contributed by atoms with Crippen molar-refractivity contribution in [1.82, 2.24) is 5.32 Å². The monoisotopic (exact) mass is 165 g/mol. The van der Waals surface area contributed by atoms with Gasteiger partial charge in [0.1, 0.15) is 0 Å². The van der Waals surface area contributed by atoms with Gasteiger partial charge in [0, 0.05) is 12.1 Å². The molecule has 0 unspecified atom stereocenters. The Bertz CT molecular complexity index is 276. The fraction of sp³-hybridized carbons (Fsp3) is 0.222. The summed E-state index contributed by atoms with van der Waals surface area (Å²) < 4.78 is 4.90. The Kier molecular flexibility index (Phi) is 3.29. The Morgan fingerprint density at radius 1 is 1.67 bits per heavy atom. The van der Waals surface area contributed by atoms with Gasteiger partial charge >= 0.3 is 0 Å². The number of hydrogen-bond acceptors (Lipinski definition) is 3. The van der Waals surface area contributed by atoms with Gasteiger partial charge in [-0.2, -0.15) is 0 Å². The standard InChI is InChI=1S/C9H11NO2/c1-10-5-2-3-8-4-6-12-9(8)7-11/h2-4,6-7,10H,5H2,1H3. The molecule has 0 aliphatic rings. The minimum absolute atomic E-state index is 0.377. The molecule has 12 heavy (non-hydrogen) atoms. The number of hydrogen-bond donors (Lipinski definition) is 1. The minimum Gasteiger partial charge on any atom is -0.461 e. The zero-order valence-corrected chi connectivity index (χ0v) is 6.91. The van der Waals surface area contributed by atoms with Crippen molar-refractivity contribution in [3.8, 4) is 0 Å². The zero-order chi connectivity index (χ0) is 8.81. The average molecular weight is 165 g/mol. The Labute approximate surface area is 71.1 Å². The third kappa shape index (κ3) is 2.07. The lowest BCUT2D eigenvalue weighted by Gasteiger charge is -1.88. The molecular weight excluding hydrogens is 154 g/mol. The first-order chi connectivity index (χ1) is 5.88. The van der Waals surface area contributed by atoms with Crippen LogP contribution in [0.3, 0.4) is 0 Å². The Balaban J connectivity index is 2.67. The van der Waals surface area contributed by atoms with Gasteiger partial charge in [-0.05, 0) is 13.1 Å². The molecule has 3 heteroatoms. The Hall–Kier alpha value is -1.35. The van der Waals surface area contributed by atoms with E-state index in [1.807, 2.05) is 19.2 Å². The van der Waals surface area contributed by atoms with Gasteiger partial charge in [-0.25, -0.2) is 0 Å². The fourth-order valence-corrected chi connectivity index (χ4v) is 0.868. The summed E-state index contributed by atoms with van der Waals surface area (Å²) in [5.74, 6) is 0.377. The number of rotatable bonds is 4. The van der Waals surface area contributed by atoms with Gasteiger partial charge in [-0.1, -0.05) is 12.2 Å². The summed E-state index contributed by atoms with van der Waals surface area (Å²) >= 11 is 0. The number of likely N-dealkylation sites (N-methyl/N-ethyl adjacent to an activating group) is 1. The van der Waals surface area contributed by atoms with Crippen molar-refractivity contribution in [2.75, 3.05) is 13.6 Å². The summed E-state index contributed by atoms with van der Waals surface area (Å²) in [5, 5.41) is 2.96. The molecule has 0 spiro atoms. The summed E-state index contributed by atoms with van der Waals surface area (Å²) in [5.41, 5.74) is 0.820. The molecule has 0 aromatic carbocycles. The van der Waals surface area contributed by atoms with Crippen LogP contribution >= 0.6 is 0 Å². The van der Waals surface area contributed by atoms with Gasteiger partial charge in [-0.3, -0.25) is 4.79 Å². The third-order valence-electron chi connectivity index (χ3n) is 1.45. The summed E-state index contributed by atoms with van der Waals surface area (Å²) in [6.07, 6.45) is 5.99. The molecule has 0 aliphatic heterocycles. The molecule has 1 aromatic heterocycles. The lowest BCUT2D eigenvalue weighted by molar-refractivity contribution is 0.110. The highest BCUT2D eigenvalue weighted by atomic mass is 16.3. The van der Waals surface area contributed by atoms with E-state index in [1.165, 1.54) is 6.26 Å². The first kappa shape index (κ1) is 8.74. The van der Waals surface area contributed by atoms with Crippen LogP contribution in [0.1, 0.15) is 16.1 Å². The average Bonchev–Trinajstić information content (AvgIpc) is 2.52. The second-order valence-electron chi connectivity index (χ2n) is 2.32. The van der Waals surface area contributed by atoms with Crippen molar-refractivity contribution < 1.29 is 9.21 Å². The number of nitrogens with one attached hydrogen (secondary N) is 1. The smallest absolute Gasteiger partial charge is 0.185 e. The van der Waals surface area contributed by atoms with Gasteiger partial charge in [0.25, 0.3) is 0 Å². The Morgan fingerprint density at radius 2 is 2.50 bits per heavy atom. The van der Waals surface area contributed by atoms with E-state index >= 15 is 0 Å². The van der Waals surface area contributed by atoms with E-state index in [9.17, 15) is 4.79 Å². The summed E-state index contributed by atoms with van der Waals surface area (Å²) in [6.45, 7) is 0.781. The molecule has 1 heterocycles. The first-order valence-electron chi connectivity index (χ1n) is 3.72. The molecule has 0 bridgehead atoms. The molecule has 1 N–H and O–H groups in total. The van der Waals surface area contributed by atoms with Gasteiger partial charge in [0.05, 0.1) is 6.26 Å². The van der Waals surface area contributed by atoms with Crippen LogP contribution in [0, 0.1) is 0 Å². The molecule has 64 valence electrons. The predicted octanol–water partition coefficient (Wildman–Crippen LogP) is 1.32. The van der Waals surface area contributed by atoms with Crippen molar-refractivity contribution in [2.24, 2.45) is 0 Å². The van der Waals surface area contributed by atoms with Crippen LogP contribution < -0.4 is 5.32 Å². The summed E-state index contributed by atoms with van der Waals surface area (Å²) in [7, 11) is 1.86. The van der Waals surface area contributed by atoms with Crippen LogP contribution in [-0.2, 0) is 0 Å². The molecule has 3 nitrogen and oxygen atoms in total. The van der Waals surface area contributed by atoms with Crippen molar-refractivity contribution in [3.63, 3.8) is 0 Å². The molecular formula is C9H11NO2. The quantitative estimate of drug-likeness (QED) is 0.684. The molecule has 0 aliphatic carbocycles. The number of carbonyl (C=O) groups excluding carboxylic acids is 1. The van der Waals surface area contributed by atoms with Gasteiger partial charge in [0.15, 0.2) is 12.0 Å². The highest BCUT2D eigenvalue weighted by Gasteiger charge is 1.99. The van der Waals surface area contributed by atoms with E-state index < -0.39 is 0 Å². The first-order valence-corrected chi connectivity index (χ1v) is 3.72. The zero-order valence-electron chi connectivity index (χ0n) is 6.91. The van der Waals surface area contributed by atoms with E-state index in [0.29, 0.717) is 12.0 Å². The van der Waals surface area contributed by atoms with Crippen LogP contribution in [0.5, 0.6) is 0 Å². The maximum absolute atomic E-state index is 10.4. The maximum atomic E-state index is 10.4. The van der Waals surface area contributed by atoms with E-state index in [0.717, 1.165) is 12.1 Å². The molecule has 1 aromatic rings. The fourth-order valence-electron chi connectivity index (χ4n) is 0.868. The van der Waals surface area contributed by atoms with Crippen LogP contribution in [0.4, 0.5) is 0 Å². The lowest BCUT2D eigenvalue weighted by atomic mass is 10.2. The van der Waals surface area contributed by atoms with E-state index in [2.05, 4.69) is 5.32 Å². The van der Waals surface area contributed by atoms with Crippen molar-refractivity contribution in [1.29, 1.82) is 0 Å². The number of aldehydes is 1. The molecule has 1 rings (SSSR count). The van der Waals surface area contributed by atoms with Crippen molar-refractivity contribution >= 4 is 12.4 Å². The highest BCUT2D eigenvalue weighted by molar-refractivity contribution is 5.77. The second-order valence-corrected chi connectivity index (χ2v) is 2.32. The maximum Gasteiger partial charge on any atom is 0.185 e. The van der Waals surface area contributed by atoms with Gasteiger partial charge in [0.2, 0.25) is 0 Å². The SMILES string of the molecule is CNCC=Cc1ccoc1C=O. The normalized spacial score (nSPS) is 10.8. The second kappa shape index (κ2) is 4.51. The molecule has 0 amide bonds. The van der Waals surface area contributed by atoms with Crippen molar-refractivity contribution in [3.05, 3.63) is 29.7 Å². The summed E-state index contributed by atoms with van der Waals surface area (Å²) in [4.78, 5) is 10.4. The van der Waals surface area contributed by atoms with E-state index in [4.69, 9.17) is 4.42 Å². The van der Waals surface area contributed by atoms with E-state index in [-0.39, 0.29) is 0 Å². The van der Waals surface area contributed by atoms with Crippen LogP contribution in [0.25, 0.3) is 6.08 Å². The number of furan rings is 1. The topological polar surface area (TPSA) is 42.2 Å². The van der Waals surface area contributed by atoms with Crippen LogP contribution in [-0.4, -0.2) is 19.9 Å². The van der Waals surface area contributed by atoms with E-state index in [1.54, 1.807) is 6.07 Å². The lowest BCUT2D eigenvalue weighted by Crippen LogP contribution is -2.03. The largest absolute Gasteiger partial charge is 0.461 e. The highest BCUT2D eigenvalue weighted by Crippen LogP contribution is 2.09. The van der Waals surface area contributed by atoms with Crippen LogP contribution in [0.15, 0.2) is 22.8 Å². The molecule has 0 radical (unpaired) electrons. The summed E-state index contributed by atoms with van der Waals surface area (Å²) in [6, 6.07) is 1.76. The van der Waals surface area contributed by atoms with Crippen molar-refractivity contribution in [2.45, 2.75) is 0 Å².